The van der Waals surface area contributed by atoms with E-state index in [9.17, 15) is 10.1 Å². The number of nitrogens with zero attached hydrogens (tertiary/aromatic N) is 6. The number of carbonyl (C=O) groups excluding carboxylic acids is 1. The maximum absolute atomic E-state index is 12.7. The number of benzene rings is 1. The second kappa shape index (κ2) is 9.29. The van der Waals surface area contributed by atoms with Crippen LogP contribution in [-0.4, -0.2) is 36.7 Å². The lowest BCUT2D eigenvalue weighted by molar-refractivity contribution is -0.116. The number of rotatable bonds is 7. The van der Waals surface area contributed by atoms with Crippen LogP contribution in [-0.2, 0) is 4.79 Å². The Morgan fingerprint density at radius 2 is 2.07 bits per heavy atom. The molecule has 0 bridgehead atoms. The molecule has 29 heavy (non-hydrogen) atoms. The van der Waals surface area contributed by atoms with Crippen LogP contribution in [0.2, 0.25) is 0 Å². The smallest absolute Gasteiger partial charge is 0.210 e. The first kappa shape index (κ1) is 19.7. The number of Topliss-reactive ketones (excluding diaryl/α,β-unsaturated/α-hetero) is 1. The second-order valence-electron chi connectivity index (χ2n) is 6.95. The van der Waals surface area contributed by atoms with Crippen molar-refractivity contribution >= 4 is 28.9 Å². The van der Waals surface area contributed by atoms with Gasteiger partial charge in [-0.1, -0.05) is 61.4 Å². The average molecular weight is 425 g/mol. The molecule has 0 saturated heterocycles. The summed E-state index contributed by atoms with van der Waals surface area (Å²) in [6.45, 7) is 0. The molecule has 7 nitrogen and oxygen atoms in total. The van der Waals surface area contributed by atoms with Gasteiger partial charge >= 0.3 is 0 Å². The number of nitriles is 1. The van der Waals surface area contributed by atoms with E-state index in [1.54, 1.807) is 0 Å². The Labute approximate surface area is 177 Å². The summed E-state index contributed by atoms with van der Waals surface area (Å²) in [5.74, 6) is -0.903. The van der Waals surface area contributed by atoms with Gasteiger partial charge in [-0.3, -0.25) is 4.79 Å². The van der Waals surface area contributed by atoms with Crippen molar-refractivity contribution < 1.29 is 4.79 Å². The molecule has 9 heteroatoms. The monoisotopic (exact) mass is 424 g/mol. The van der Waals surface area contributed by atoms with Crippen LogP contribution in [0.15, 0.2) is 40.9 Å². The Hall–Kier alpha value is -2.57. The van der Waals surface area contributed by atoms with Gasteiger partial charge in [-0.25, -0.2) is 9.67 Å². The highest BCUT2D eigenvalue weighted by Gasteiger charge is 2.26. The summed E-state index contributed by atoms with van der Waals surface area (Å²) in [6.07, 6.45) is 5.74. The van der Waals surface area contributed by atoms with E-state index in [4.69, 9.17) is 0 Å². The molecule has 0 aliphatic heterocycles. The average Bonchev–Trinajstić information content (AvgIpc) is 3.44. The predicted molar refractivity (Wildman–Crippen MR) is 112 cm³/mol. The molecule has 1 unspecified atom stereocenters. The number of tetrazole rings is 1. The topological polar surface area (TPSA) is 97.4 Å². The fourth-order valence-electron chi connectivity index (χ4n) is 3.48. The maximum atomic E-state index is 12.7. The predicted octanol–water partition coefficient (Wildman–Crippen LogP) is 4.27. The Kier molecular flexibility index (Phi) is 6.32. The summed E-state index contributed by atoms with van der Waals surface area (Å²) >= 11 is 2.65. The Morgan fingerprint density at radius 3 is 2.83 bits per heavy atom. The minimum atomic E-state index is -0.871. The number of thioether (sulfide) groups is 1. The van der Waals surface area contributed by atoms with E-state index in [0.29, 0.717) is 16.2 Å². The van der Waals surface area contributed by atoms with Gasteiger partial charge in [0, 0.05) is 10.9 Å². The number of thiazole rings is 1. The number of ketones is 1. The highest BCUT2D eigenvalue weighted by atomic mass is 32.2. The molecule has 1 atom stereocenters. The molecule has 1 aromatic carbocycles. The van der Waals surface area contributed by atoms with E-state index >= 15 is 0 Å². The number of carbonyl (C=O) groups is 1. The van der Waals surface area contributed by atoms with Crippen LogP contribution in [0.3, 0.4) is 0 Å². The van der Waals surface area contributed by atoms with Gasteiger partial charge in [0.05, 0.1) is 23.6 Å². The Bertz CT molecular complexity index is 1000. The van der Waals surface area contributed by atoms with Gasteiger partial charge in [-0.2, -0.15) is 5.26 Å². The molecule has 0 N–H and O–H groups in total. The van der Waals surface area contributed by atoms with E-state index in [2.05, 4.69) is 26.6 Å². The molecule has 4 rings (SSSR count). The van der Waals surface area contributed by atoms with Crippen LogP contribution in [0.1, 0.15) is 49.1 Å². The summed E-state index contributed by atoms with van der Waals surface area (Å²) in [4.78, 5) is 17.3. The summed E-state index contributed by atoms with van der Waals surface area (Å²) in [5, 5.41) is 24.6. The molecule has 3 aromatic rings. The standard InChI is InChI=1S/C20H20N6OS2/c21-11-16(19-22-17(12-28-19)14-7-3-1-4-8-14)18(27)13-29-20-23-24-25-26(20)15-9-5-2-6-10-15/h1,3-4,7-8,12,15-16H,2,5-6,9-10,13H2. The third-order valence-electron chi connectivity index (χ3n) is 5.02. The molecule has 0 spiro atoms. The van der Waals surface area contributed by atoms with E-state index in [1.165, 1.54) is 42.4 Å². The van der Waals surface area contributed by atoms with Gasteiger partial charge in [0.25, 0.3) is 0 Å². The van der Waals surface area contributed by atoms with Gasteiger partial charge in [0.2, 0.25) is 5.16 Å². The zero-order chi connectivity index (χ0) is 20.1. The largest absolute Gasteiger partial charge is 0.297 e. The molecule has 1 aliphatic carbocycles. The zero-order valence-electron chi connectivity index (χ0n) is 15.8. The molecule has 1 fully saturated rings. The first-order chi connectivity index (χ1) is 14.3. The highest BCUT2D eigenvalue weighted by molar-refractivity contribution is 7.99. The normalized spacial score (nSPS) is 15.7. The molecule has 0 radical (unpaired) electrons. The molecule has 148 valence electrons. The lowest BCUT2D eigenvalue weighted by Gasteiger charge is -2.21. The van der Waals surface area contributed by atoms with Crippen LogP contribution in [0, 0.1) is 11.3 Å². The fraction of sp³-hybridized carbons (Fsp3) is 0.400. The molecular formula is C20H20N6OS2. The van der Waals surface area contributed by atoms with E-state index in [1.807, 2.05) is 40.4 Å². The number of aromatic nitrogens is 5. The minimum absolute atomic E-state index is 0.144. The van der Waals surface area contributed by atoms with Gasteiger partial charge in [-0.15, -0.1) is 16.4 Å². The van der Waals surface area contributed by atoms with Crippen LogP contribution in [0.4, 0.5) is 0 Å². The Balaban J connectivity index is 1.42. The third-order valence-corrected chi connectivity index (χ3v) is 6.88. The van der Waals surface area contributed by atoms with Crippen molar-refractivity contribution in [2.75, 3.05) is 5.75 Å². The van der Waals surface area contributed by atoms with Gasteiger partial charge < -0.3 is 0 Å². The van der Waals surface area contributed by atoms with Crippen LogP contribution in [0.25, 0.3) is 11.3 Å². The van der Waals surface area contributed by atoms with Crippen molar-refractivity contribution in [3.63, 3.8) is 0 Å². The maximum Gasteiger partial charge on any atom is 0.210 e. The van der Waals surface area contributed by atoms with Crippen molar-refractivity contribution in [3.8, 4) is 17.3 Å². The van der Waals surface area contributed by atoms with Crippen molar-refractivity contribution in [3.05, 3.63) is 40.7 Å². The van der Waals surface area contributed by atoms with Crippen molar-refractivity contribution in [2.45, 2.75) is 49.2 Å². The Morgan fingerprint density at radius 1 is 1.28 bits per heavy atom. The van der Waals surface area contributed by atoms with Crippen molar-refractivity contribution in [1.82, 2.24) is 25.2 Å². The first-order valence-electron chi connectivity index (χ1n) is 9.60. The zero-order valence-corrected chi connectivity index (χ0v) is 17.4. The van der Waals surface area contributed by atoms with E-state index in [-0.39, 0.29) is 11.5 Å². The molecular weight excluding hydrogens is 404 g/mol. The summed E-state index contributed by atoms with van der Waals surface area (Å²) in [6, 6.07) is 12.2. The first-order valence-corrected chi connectivity index (χ1v) is 11.5. The van der Waals surface area contributed by atoms with Crippen LogP contribution < -0.4 is 0 Å². The SMILES string of the molecule is N#CC(C(=O)CSc1nnnn1C1CCCCC1)c1nc(-c2ccccc2)cs1. The summed E-state index contributed by atoms with van der Waals surface area (Å²) < 4.78 is 1.84. The summed E-state index contributed by atoms with van der Waals surface area (Å²) in [7, 11) is 0. The van der Waals surface area contributed by atoms with Crippen molar-refractivity contribution in [1.29, 1.82) is 5.26 Å². The molecule has 2 heterocycles. The molecule has 2 aromatic heterocycles. The minimum Gasteiger partial charge on any atom is -0.297 e. The van der Waals surface area contributed by atoms with Gasteiger partial charge in [0.1, 0.15) is 5.01 Å². The summed E-state index contributed by atoms with van der Waals surface area (Å²) in [5.41, 5.74) is 1.76. The molecule has 1 aliphatic rings. The van der Waals surface area contributed by atoms with Gasteiger partial charge in [0.15, 0.2) is 11.7 Å². The van der Waals surface area contributed by atoms with E-state index in [0.717, 1.165) is 24.1 Å². The van der Waals surface area contributed by atoms with Crippen LogP contribution >= 0.6 is 23.1 Å². The quantitative estimate of drug-likeness (QED) is 0.522. The molecule has 1 saturated carbocycles. The highest BCUT2D eigenvalue weighted by Crippen LogP contribution is 2.31. The number of hydrogen-bond acceptors (Lipinski definition) is 8. The number of hydrogen-bond donors (Lipinski definition) is 0. The van der Waals surface area contributed by atoms with Crippen molar-refractivity contribution in [2.24, 2.45) is 0 Å². The lowest BCUT2D eigenvalue weighted by Crippen LogP contribution is -2.17. The fourth-order valence-corrected chi connectivity index (χ4v) is 5.22. The lowest BCUT2D eigenvalue weighted by atomic mass is 9.96. The van der Waals surface area contributed by atoms with Gasteiger partial charge in [-0.05, 0) is 23.3 Å². The van der Waals surface area contributed by atoms with E-state index < -0.39 is 5.92 Å². The second-order valence-corrected chi connectivity index (χ2v) is 8.78. The molecule has 0 amide bonds. The third kappa shape index (κ3) is 4.54. The van der Waals surface area contributed by atoms with Crippen LogP contribution in [0.5, 0.6) is 0 Å².